The lowest BCUT2D eigenvalue weighted by molar-refractivity contribution is 0.0692. The van der Waals surface area contributed by atoms with E-state index in [4.69, 9.17) is 4.74 Å². The second-order valence-electron chi connectivity index (χ2n) is 5.34. The van der Waals surface area contributed by atoms with Crippen LogP contribution in [-0.4, -0.2) is 36.3 Å². The maximum absolute atomic E-state index is 12.3. The van der Waals surface area contributed by atoms with Gasteiger partial charge in [0.05, 0.1) is 17.7 Å². The van der Waals surface area contributed by atoms with Gasteiger partial charge in [-0.15, -0.1) is 0 Å². The van der Waals surface area contributed by atoms with E-state index in [1.165, 1.54) is 13.1 Å². The first-order valence-electron chi connectivity index (χ1n) is 7.52. The van der Waals surface area contributed by atoms with Gasteiger partial charge >= 0.3 is 0 Å². The van der Waals surface area contributed by atoms with Crippen molar-refractivity contribution in [2.45, 2.75) is 6.92 Å². The summed E-state index contributed by atoms with van der Waals surface area (Å²) in [5, 5.41) is 2.73. The number of rotatable bonds is 4. The van der Waals surface area contributed by atoms with Crippen molar-refractivity contribution in [2.24, 2.45) is 0 Å². The van der Waals surface area contributed by atoms with Gasteiger partial charge in [0, 0.05) is 18.3 Å². The van der Waals surface area contributed by atoms with Crippen LogP contribution in [0.3, 0.4) is 0 Å². The molecule has 24 heavy (non-hydrogen) atoms. The van der Waals surface area contributed by atoms with E-state index < -0.39 is 0 Å². The summed E-state index contributed by atoms with van der Waals surface area (Å²) in [6.07, 6.45) is 0. The number of imide groups is 1. The number of benzene rings is 2. The second-order valence-corrected chi connectivity index (χ2v) is 5.34. The molecule has 2 aromatic carbocycles. The van der Waals surface area contributed by atoms with Crippen molar-refractivity contribution in [2.75, 3.05) is 19.0 Å². The highest BCUT2D eigenvalue weighted by Crippen LogP contribution is 2.25. The van der Waals surface area contributed by atoms with E-state index in [1.807, 2.05) is 6.92 Å². The molecule has 0 unspecified atom stereocenters. The van der Waals surface area contributed by atoms with Gasteiger partial charge in [0.15, 0.2) is 0 Å². The Morgan fingerprint density at radius 2 is 1.71 bits per heavy atom. The molecule has 0 fully saturated rings. The van der Waals surface area contributed by atoms with Gasteiger partial charge in [-0.3, -0.25) is 19.3 Å². The van der Waals surface area contributed by atoms with Crippen LogP contribution < -0.4 is 10.1 Å². The third-order valence-electron chi connectivity index (χ3n) is 3.78. The fourth-order valence-corrected chi connectivity index (χ4v) is 2.51. The number of hydrogen-bond acceptors (Lipinski definition) is 4. The van der Waals surface area contributed by atoms with Crippen molar-refractivity contribution in [1.82, 2.24) is 4.90 Å². The Labute approximate surface area is 139 Å². The molecule has 0 atom stereocenters. The van der Waals surface area contributed by atoms with Gasteiger partial charge in [-0.1, -0.05) is 0 Å². The SMILES string of the molecule is CCOc1ccc(C(=O)Nc2ccc3c(c2)C(=O)N(C)C3=O)cc1. The summed E-state index contributed by atoms with van der Waals surface area (Å²) in [4.78, 5) is 37.2. The standard InChI is InChI=1S/C18H16N2O4/c1-3-24-13-7-4-11(5-8-13)16(21)19-12-6-9-14-15(10-12)18(23)20(2)17(14)22/h4-10H,3H2,1-2H3,(H,19,21). The topological polar surface area (TPSA) is 75.7 Å². The third kappa shape index (κ3) is 2.74. The average molecular weight is 324 g/mol. The number of carbonyl (C=O) groups is 3. The summed E-state index contributed by atoms with van der Waals surface area (Å²) < 4.78 is 5.34. The lowest BCUT2D eigenvalue weighted by Gasteiger charge is -2.07. The molecule has 0 bridgehead atoms. The first-order valence-corrected chi connectivity index (χ1v) is 7.52. The van der Waals surface area contributed by atoms with Gasteiger partial charge in [0.25, 0.3) is 17.7 Å². The highest BCUT2D eigenvalue weighted by Gasteiger charge is 2.32. The van der Waals surface area contributed by atoms with E-state index in [9.17, 15) is 14.4 Å². The van der Waals surface area contributed by atoms with E-state index >= 15 is 0 Å². The monoisotopic (exact) mass is 324 g/mol. The van der Waals surface area contributed by atoms with E-state index in [0.717, 1.165) is 4.90 Å². The molecule has 0 spiro atoms. The molecule has 6 heteroatoms. The fourth-order valence-electron chi connectivity index (χ4n) is 2.51. The van der Waals surface area contributed by atoms with Gasteiger partial charge in [0.1, 0.15) is 5.75 Å². The van der Waals surface area contributed by atoms with E-state index in [2.05, 4.69) is 5.32 Å². The van der Waals surface area contributed by atoms with Crippen LogP contribution in [0.2, 0.25) is 0 Å². The van der Waals surface area contributed by atoms with Crippen LogP contribution in [0.25, 0.3) is 0 Å². The van der Waals surface area contributed by atoms with Crippen LogP contribution in [0.4, 0.5) is 5.69 Å². The van der Waals surface area contributed by atoms with Crippen molar-refractivity contribution in [3.8, 4) is 5.75 Å². The second kappa shape index (κ2) is 6.16. The van der Waals surface area contributed by atoms with Gasteiger partial charge in [-0.2, -0.15) is 0 Å². The van der Waals surface area contributed by atoms with Gasteiger partial charge in [0.2, 0.25) is 0 Å². The smallest absolute Gasteiger partial charge is 0.261 e. The summed E-state index contributed by atoms with van der Waals surface area (Å²) in [6.45, 7) is 2.44. The molecule has 122 valence electrons. The molecule has 1 aliphatic rings. The molecule has 0 radical (unpaired) electrons. The molecule has 0 aromatic heterocycles. The van der Waals surface area contributed by atoms with Gasteiger partial charge in [-0.25, -0.2) is 0 Å². The zero-order chi connectivity index (χ0) is 17.3. The van der Waals surface area contributed by atoms with Crippen molar-refractivity contribution in [1.29, 1.82) is 0 Å². The van der Waals surface area contributed by atoms with Crippen LogP contribution in [0.5, 0.6) is 5.75 Å². The quantitative estimate of drug-likeness (QED) is 0.877. The van der Waals surface area contributed by atoms with Crippen molar-refractivity contribution < 1.29 is 19.1 Å². The molecule has 6 nitrogen and oxygen atoms in total. The maximum atomic E-state index is 12.3. The highest BCUT2D eigenvalue weighted by molar-refractivity contribution is 6.21. The Hall–Kier alpha value is -3.15. The number of nitrogens with zero attached hydrogens (tertiary/aromatic N) is 1. The minimum Gasteiger partial charge on any atom is -0.494 e. The minimum absolute atomic E-state index is 0.298. The predicted molar refractivity (Wildman–Crippen MR) is 88.4 cm³/mol. The third-order valence-corrected chi connectivity index (χ3v) is 3.78. The minimum atomic E-state index is -0.368. The van der Waals surface area contributed by atoms with E-state index in [-0.39, 0.29) is 17.7 Å². The van der Waals surface area contributed by atoms with E-state index in [1.54, 1.807) is 36.4 Å². The Morgan fingerprint density at radius 1 is 1.04 bits per heavy atom. The molecule has 1 N–H and O–H groups in total. The predicted octanol–water partition coefficient (Wildman–Crippen LogP) is 2.56. The number of hydrogen-bond donors (Lipinski definition) is 1. The van der Waals surface area contributed by atoms with Crippen molar-refractivity contribution in [3.63, 3.8) is 0 Å². The summed E-state index contributed by atoms with van der Waals surface area (Å²) in [6, 6.07) is 11.4. The zero-order valence-electron chi connectivity index (χ0n) is 13.3. The summed E-state index contributed by atoms with van der Waals surface area (Å²) in [5.74, 6) is -0.312. The molecular weight excluding hydrogens is 308 g/mol. The first kappa shape index (κ1) is 15.7. The van der Waals surface area contributed by atoms with Crippen molar-refractivity contribution in [3.05, 3.63) is 59.2 Å². The van der Waals surface area contributed by atoms with Crippen molar-refractivity contribution >= 4 is 23.4 Å². The van der Waals surface area contributed by atoms with Crippen LogP contribution >= 0.6 is 0 Å². The van der Waals surface area contributed by atoms with Crippen LogP contribution in [0, 0.1) is 0 Å². The summed E-state index contributed by atoms with van der Waals surface area (Å²) in [7, 11) is 1.43. The summed E-state index contributed by atoms with van der Waals surface area (Å²) >= 11 is 0. The van der Waals surface area contributed by atoms with E-state index in [0.29, 0.717) is 34.7 Å². The van der Waals surface area contributed by atoms with Crippen LogP contribution in [0.1, 0.15) is 38.0 Å². The highest BCUT2D eigenvalue weighted by atomic mass is 16.5. The molecule has 0 saturated carbocycles. The number of carbonyl (C=O) groups excluding carboxylic acids is 3. The zero-order valence-corrected chi connectivity index (χ0v) is 13.3. The molecule has 2 aromatic rings. The first-order chi connectivity index (χ1) is 11.5. The largest absolute Gasteiger partial charge is 0.494 e. The number of fused-ring (bicyclic) bond motifs is 1. The fraction of sp³-hybridized carbons (Fsp3) is 0.167. The number of ether oxygens (including phenoxy) is 1. The van der Waals surface area contributed by atoms with Gasteiger partial charge in [-0.05, 0) is 49.4 Å². The Bertz CT molecular complexity index is 827. The normalized spacial score (nSPS) is 13.0. The van der Waals surface area contributed by atoms with Gasteiger partial charge < -0.3 is 10.1 Å². The maximum Gasteiger partial charge on any atom is 0.261 e. The lowest BCUT2D eigenvalue weighted by atomic mass is 10.1. The summed E-state index contributed by atoms with van der Waals surface area (Å²) in [5.41, 5.74) is 1.58. The van der Waals surface area contributed by atoms with Crippen LogP contribution in [-0.2, 0) is 0 Å². The molecule has 1 aliphatic heterocycles. The number of amides is 3. The molecule has 3 amide bonds. The van der Waals surface area contributed by atoms with Crippen LogP contribution in [0.15, 0.2) is 42.5 Å². The molecule has 3 rings (SSSR count). The Balaban J connectivity index is 1.78. The Kier molecular flexibility index (Phi) is 4.04. The number of nitrogens with one attached hydrogen (secondary N) is 1. The number of anilines is 1. The average Bonchev–Trinajstić information content (AvgIpc) is 2.80. The lowest BCUT2D eigenvalue weighted by Crippen LogP contribution is -2.24. The molecule has 0 aliphatic carbocycles. The molecule has 0 saturated heterocycles. The molecular formula is C18H16N2O4. The Morgan fingerprint density at radius 3 is 2.38 bits per heavy atom. The molecule has 1 heterocycles.